The van der Waals surface area contributed by atoms with Crippen LogP contribution in [0.4, 0.5) is 0 Å². The first-order chi connectivity index (χ1) is 15.2. The molecule has 0 saturated heterocycles. The van der Waals surface area contributed by atoms with Crippen molar-refractivity contribution >= 4 is 11.8 Å². The minimum Gasteiger partial charge on any atom is -0.497 e. The molecule has 1 aliphatic rings. The smallest absolute Gasteiger partial charge is 0.203 e. The van der Waals surface area contributed by atoms with Gasteiger partial charge in [-0.2, -0.15) is 0 Å². The highest BCUT2D eigenvalue weighted by Gasteiger charge is 2.40. The Kier molecular flexibility index (Phi) is 6.59. The van der Waals surface area contributed by atoms with Gasteiger partial charge in [0.25, 0.3) is 0 Å². The third kappa shape index (κ3) is 4.31. The van der Waals surface area contributed by atoms with E-state index in [0.29, 0.717) is 17.2 Å². The van der Waals surface area contributed by atoms with Crippen LogP contribution in [0.25, 0.3) is 0 Å². The minimum atomic E-state index is -0.743. The summed E-state index contributed by atoms with van der Waals surface area (Å²) in [5.41, 5.74) is 2.97. The summed E-state index contributed by atoms with van der Waals surface area (Å²) in [7, 11) is 4.83. The fraction of sp³-hybridized carbons (Fsp3) is 0.280. The summed E-state index contributed by atoms with van der Waals surface area (Å²) in [6.45, 7) is 0. The van der Waals surface area contributed by atoms with E-state index in [1.165, 1.54) is 5.56 Å². The topological polar surface area (TPSA) is 57.2 Å². The van der Waals surface area contributed by atoms with Crippen molar-refractivity contribution in [1.82, 2.24) is 0 Å². The highest BCUT2D eigenvalue weighted by atomic mass is 32.2. The Morgan fingerprint density at radius 1 is 0.871 bits per heavy atom. The van der Waals surface area contributed by atoms with E-state index in [1.54, 1.807) is 33.1 Å². The van der Waals surface area contributed by atoms with Gasteiger partial charge in [0.05, 0.1) is 26.6 Å². The highest BCUT2D eigenvalue weighted by molar-refractivity contribution is 7.98. The molecule has 162 valence electrons. The molecule has 1 N–H and O–H groups in total. The molecule has 0 fully saturated rings. The van der Waals surface area contributed by atoms with Gasteiger partial charge in [-0.15, -0.1) is 11.8 Å². The molecular weight excluding hydrogens is 412 g/mol. The Morgan fingerprint density at radius 2 is 1.61 bits per heavy atom. The van der Waals surface area contributed by atoms with Crippen LogP contribution in [0.15, 0.2) is 66.7 Å². The minimum absolute atomic E-state index is 0.198. The number of hydrogen-bond acceptors (Lipinski definition) is 6. The molecular formula is C25H26O5S. The quantitative estimate of drug-likeness (QED) is 0.548. The summed E-state index contributed by atoms with van der Waals surface area (Å²) >= 11 is 1.69. The number of benzene rings is 3. The van der Waals surface area contributed by atoms with Crippen molar-refractivity contribution in [2.24, 2.45) is 0 Å². The second-order valence-corrected chi connectivity index (χ2v) is 8.37. The third-order valence-corrected chi connectivity index (χ3v) is 6.81. The van der Waals surface area contributed by atoms with Gasteiger partial charge in [-0.25, -0.2) is 0 Å². The molecule has 1 aliphatic heterocycles. The number of aliphatic hydroxyl groups excluding tert-OH is 1. The highest BCUT2D eigenvalue weighted by Crippen LogP contribution is 2.54. The summed E-state index contributed by atoms with van der Waals surface area (Å²) in [5, 5.41) is 11.2. The van der Waals surface area contributed by atoms with Gasteiger partial charge in [-0.1, -0.05) is 48.5 Å². The Labute approximate surface area is 186 Å². The summed E-state index contributed by atoms with van der Waals surface area (Å²) in [6, 6.07) is 21.6. The fourth-order valence-electron chi connectivity index (χ4n) is 3.81. The van der Waals surface area contributed by atoms with Crippen LogP contribution in [-0.2, 0) is 5.75 Å². The maximum absolute atomic E-state index is 11.4. The number of methoxy groups -OCH3 is 3. The van der Waals surface area contributed by atoms with Gasteiger partial charge in [-0.3, -0.25) is 0 Å². The molecule has 3 atom stereocenters. The largest absolute Gasteiger partial charge is 0.497 e. The van der Waals surface area contributed by atoms with Crippen LogP contribution in [0.3, 0.4) is 0 Å². The molecule has 6 heteroatoms. The first-order valence-electron chi connectivity index (χ1n) is 10.0. The molecule has 31 heavy (non-hydrogen) atoms. The van der Waals surface area contributed by atoms with Crippen LogP contribution in [0.5, 0.6) is 23.0 Å². The van der Waals surface area contributed by atoms with Crippen molar-refractivity contribution in [1.29, 1.82) is 0 Å². The summed E-state index contributed by atoms with van der Waals surface area (Å²) < 4.78 is 22.7. The number of fused-ring (bicyclic) bond motifs is 1. The average Bonchev–Trinajstić information content (AvgIpc) is 2.83. The Hall–Kier alpha value is -2.83. The Morgan fingerprint density at radius 3 is 2.26 bits per heavy atom. The number of aliphatic hydroxyl groups is 1. The van der Waals surface area contributed by atoms with E-state index in [2.05, 4.69) is 12.1 Å². The maximum Gasteiger partial charge on any atom is 0.203 e. The van der Waals surface area contributed by atoms with Gasteiger partial charge in [0.2, 0.25) is 5.75 Å². The first-order valence-corrected chi connectivity index (χ1v) is 11.1. The predicted octanol–water partition coefficient (Wildman–Crippen LogP) is 5.18. The second kappa shape index (κ2) is 9.54. The van der Waals surface area contributed by atoms with E-state index >= 15 is 0 Å². The lowest BCUT2D eigenvalue weighted by atomic mass is 9.93. The van der Waals surface area contributed by atoms with E-state index < -0.39 is 12.2 Å². The summed E-state index contributed by atoms with van der Waals surface area (Å²) in [6.07, 6.45) is -1.29. The maximum atomic E-state index is 11.4. The van der Waals surface area contributed by atoms with Gasteiger partial charge in [-0.05, 0) is 29.3 Å². The van der Waals surface area contributed by atoms with Crippen LogP contribution in [0.1, 0.15) is 28.0 Å². The zero-order valence-electron chi connectivity index (χ0n) is 17.8. The van der Waals surface area contributed by atoms with Crippen molar-refractivity contribution in [2.45, 2.75) is 23.2 Å². The molecule has 5 nitrogen and oxygen atoms in total. The fourth-order valence-corrected chi connectivity index (χ4v) is 5.08. The summed E-state index contributed by atoms with van der Waals surface area (Å²) in [5.74, 6) is 3.27. The first kappa shape index (κ1) is 21.4. The van der Waals surface area contributed by atoms with Crippen molar-refractivity contribution in [3.63, 3.8) is 0 Å². The van der Waals surface area contributed by atoms with Gasteiger partial charge >= 0.3 is 0 Å². The van der Waals surface area contributed by atoms with Crippen molar-refractivity contribution in [3.05, 3.63) is 83.4 Å². The lowest BCUT2D eigenvalue weighted by molar-refractivity contribution is 0.0164. The molecule has 3 aromatic rings. The molecule has 0 radical (unpaired) electrons. The average molecular weight is 439 g/mol. The van der Waals surface area contributed by atoms with E-state index in [4.69, 9.17) is 18.9 Å². The predicted molar refractivity (Wildman–Crippen MR) is 122 cm³/mol. The lowest BCUT2D eigenvalue weighted by Crippen LogP contribution is -2.33. The van der Waals surface area contributed by atoms with Crippen LogP contribution in [0, 0.1) is 0 Å². The van der Waals surface area contributed by atoms with E-state index in [-0.39, 0.29) is 5.25 Å². The van der Waals surface area contributed by atoms with Crippen LogP contribution in [0.2, 0.25) is 0 Å². The molecule has 4 rings (SSSR count). The zero-order valence-corrected chi connectivity index (χ0v) is 18.6. The van der Waals surface area contributed by atoms with Crippen molar-refractivity contribution in [3.8, 4) is 23.0 Å². The SMILES string of the molecule is COc1ccc([C@H]2Oc3c(ccc(OC)c3OC)[C@H](SCc3ccccc3)[C@H]2O)cc1. The molecule has 0 unspecified atom stereocenters. The van der Waals surface area contributed by atoms with Crippen molar-refractivity contribution in [2.75, 3.05) is 21.3 Å². The Bertz CT molecular complexity index is 1010. The summed E-state index contributed by atoms with van der Waals surface area (Å²) in [4.78, 5) is 0. The molecule has 0 aliphatic carbocycles. The Balaban J connectivity index is 1.73. The molecule has 0 bridgehead atoms. The zero-order chi connectivity index (χ0) is 21.8. The molecule has 0 saturated carbocycles. The lowest BCUT2D eigenvalue weighted by Gasteiger charge is -2.37. The molecule has 1 heterocycles. The van der Waals surface area contributed by atoms with Gasteiger partial charge in [0.1, 0.15) is 11.9 Å². The number of ether oxygens (including phenoxy) is 4. The number of thioether (sulfide) groups is 1. The molecule has 0 aromatic heterocycles. The van der Waals surface area contributed by atoms with Crippen LogP contribution < -0.4 is 18.9 Å². The van der Waals surface area contributed by atoms with Gasteiger partial charge in [0.15, 0.2) is 17.6 Å². The van der Waals surface area contributed by atoms with E-state index in [0.717, 1.165) is 22.6 Å². The molecule has 3 aromatic carbocycles. The van der Waals surface area contributed by atoms with Gasteiger partial charge < -0.3 is 24.1 Å². The normalized spacial score (nSPS) is 19.8. The molecule has 0 amide bonds. The van der Waals surface area contributed by atoms with E-state index in [9.17, 15) is 5.11 Å². The van der Waals surface area contributed by atoms with Crippen LogP contribution in [-0.4, -0.2) is 32.5 Å². The third-order valence-electron chi connectivity index (χ3n) is 5.42. The number of rotatable bonds is 7. The van der Waals surface area contributed by atoms with Gasteiger partial charge in [0, 0.05) is 11.3 Å². The number of hydrogen-bond donors (Lipinski definition) is 1. The standard InChI is InChI=1S/C25H26O5S/c1-27-18-11-9-17(10-12-18)22-21(26)25(31-15-16-7-5-4-6-8-16)19-13-14-20(28-2)24(29-3)23(19)30-22/h4-14,21-22,25-26H,15H2,1-3H3/t21-,22+,25-/m0/s1. The molecule has 0 spiro atoms. The van der Waals surface area contributed by atoms with E-state index in [1.807, 2.05) is 54.6 Å². The van der Waals surface area contributed by atoms with Crippen molar-refractivity contribution < 1.29 is 24.1 Å². The monoisotopic (exact) mass is 438 g/mol. The van der Waals surface area contributed by atoms with Crippen LogP contribution >= 0.6 is 11.8 Å². The second-order valence-electron chi connectivity index (χ2n) is 7.24.